The molecule has 1 saturated heterocycles. The lowest BCUT2D eigenvalue weighted by Gasteiger charge is -2.14. The number of aryl methyl sites for hydroxylation is 1. The number of hydrogen-bond acceptors (Lipinski definition) is 5. The summed E-state index contributed by atoms with van der Waals surface area (Å²) in [5, 5.41) is 19.9. The van der Waals surface area contributed by atoms with E-state index in [0.717, 1.165) is 23.9 Å². The first-order chi connectivity index (χ1) is 12.6. The molecule has 0 spiro atoms. The van der Waals surface area contributed by atoms with Gasteiger partial charge in [-0.3, -0.25) is 4.57 Å². The van der Waals surface area contributed by atoms with Crippen LogP contribution in [0.25, 0.3) is 11.0 Å². The fourth-order valence-electron chi connectivity index (χ4n) is 3.55. The summed E-state index contributed by atoms with van der Waals surface area (Å²) in [5.41, 5.74) is 1.26. The van der Waals surface area contributed by atoms with Crippen LogP contribution in [0.1, 0.15) is 63.8 Å². The second-order valence-electron chi connectivity index (χ2n) is 7.16. The SMILES string of the molecule is CCCCCCCCc1cc2cn([C@H]3C[C@H](O)[C@@H](CO)O3)c(=O)nc2[nH]1. The fraction of sp³-hybridized carbons (Fsp3) is 0.684. The Morgan fingerprint density at radius 1 is 1.31 bits per heavy atom. The van der Waals surface area contributed by atoms with Crippen LogP contribution in [0, 0.1) is 0 Å². The van der Waals surface area contributed by atoms with E-state index in [-0.39, 0.29) is 13.0 Å². The molecule has 7 heteroatoms. The summed E-state index contributed by atoms with van der Waals surface area (Å²) in [6.07, 6.45) is 8.38. The highest BCUT2D eigenvalue weighted by molar-refractivity contribution is 5.75. The number of rotatable bonds is 9. The molecular formula is C19H29N3O4. The molecule has 3 atom stereocenters. The Kier molecular flexibility index (Phi) is 6.45. The fourth-order valence-corrected chi connectivity index (χ4v) is 3.55. The van der Waals surface area contributed by atoms with Gasteiger partial charge in [0.15, 0.2) is 0 Å². The second-order valence-corrected chi connectivity index (χ2v) is 7.16. The molecule has 26 heavy (non-hydrogen) atoms. The molecule has 3 N–H and O–H groups in total. The third-order valence-corrected chi connectivity index (χ3v) is 5.08. The van der Waals surface area contributed by atoms with E-state index in [1.807, 2.05) is 6.07 Å². The average molecular weight is 363 g/mol. The van der Waals surface area contributed by atoms with E-state index < -0.39 is 24.1 Å². The van der Waals surface area contributed by atoms with Gasteiger partial charge >= 0.3 is 5.69 Å². The monoisotopic (exact) mass is 363 g/mol. The Hall–Kier alpha value is -1.70. The molecule has 7 nitrogen and oxygen atoms in total. The Balaban J connectivity index is 1.66. The maximum absolute atomic E-state index is 12.3. The molecule has 0 bridgehead atoms. The normalized spacial score (nSPS) is 23.1. The Bertz CT molecular complexity index is 770. The van der Waals surface area contributed by atoms with Crippen molar-refractivity contribution in [2.24, 2.45) is 0 Å². The van der Waals surface area contributed by atoms with Crippen LogP contribution in [0.15, 0.2) is 17.1 Å². The number of fused-ring (bicyclic) bond motifs is 1. The summed E-state index contributed by atoms with van der Waals surface area (Å²) in [6.45, 7) is 1.95. The van der Waals surface area contributed by atoms with Crippen LogP contribution in [0.4, 0.5) is 0 Å². The number of hydrogen-bond donors (Lipinski definition) is 3. The predicted octanol–water partition coefficient (Wildman–Crippen LogP) is 2.27. The molecule has 2 aromatic rings. The standard InChI is InChI=1S/C19H29N3O4/c1-2-3-4-5-6-7-8-14-9-13-11-22(19(25)21-18(13)20-14)17-10-15(24)16(12-23)26-17/h9,11,15-17,23-24H,2-8,10,12H2,1H3,(H,20,21,25)/t15-,16+,17+/m0/s1. The van der Waals surface area contributed by atoms with Crippen LogP contribution in [-0.4, -0.2) is 43.6 Å². The van der Waals surface area contributed by atoms with Crippen molar-refractivity contribution in [2.75, 3.05) is 6.61 Å². The number of ether oxygens (including phenoxy) is 1. The molecule has 1 fully saturated rings. The smallest absolute Gasteiger partial charge is 0.351 e. The summed E-state index contributed by atoms with van der Waals surface area (Å²) in [5.74, 6) is 0. The molecule has 0 unspecified atom stereocenters. The van der Waals surface area contributed by atoms with Gasteiger partial charge in [0.25, 0.3) is 0 Å². The second kappa shape index (κ2) is 8.79. The average Bonchev–Trinajstić information content (AvgIpc) is 3.19. The molecule has 0 radical (unpaired) electrons. The zero-order chi connectivity index (χ0) is 18.5. The lowest BCUT2D eigenvalue weighted by Crippen LogP contribution is -2.27. The van der Waals surface area contributed by atoms with Crippen LogP contribution >= 0.6 is 0 Å². The maximum Gasteiger partial charge on any atom is 0.351 e. The molecule has 0 saturated carbocycles. The van der Waals surface area contributed by atoms with Crippen molar-refractivity contribution in [1.82, 2.24) is 14.5 Å². The van der Waals surface area contributed by atoms with Gasteiger partial charge in [0, 0.05) is 23.7 Å². The van der Waals surface area contributed by atoms with E-state index in [0.29, 0.717) is 5.65 Å². The highest BCUT2D eigenvalue weighted by Gasteiger charge is 2.35. The van der Waals surface area contributed by atoms with Crippen LogP contribution < -0.4 is 5.69 Å². The molecule has 1 aliphatic rings. The van der Waals surface area contributed by atoms with Crippen molar-refractivity contribution < 1.29 is 14.9 Å². The van der Waals surface area contributed by atoms with Crippen molar-refractivity contribution >= 4 is 11.0 Å². The van der Waals surface area contributed by atoms with Crippen LogP contribution in [0.3, 0.4) is 0 Å². The van der Waals surface area contributed by atoms with Crippen LogP contribution in [0.5, 0.6) is 0 Å². The number of aromatic amines is 1. The first kappa shape index (κ1) is 19.1. The Labute approximate surface area is 153 Å². The van der Waals surface area contributed by atoms with Crippen molar-refractivity contribution in [3.63, 3.8) is 0 Å². The molecule has 1 aliphatic heterocycles. The zero-order valence-corrected chi connectivity index (χ0v) is 15.4. The number of aromatic nitrogens is 3. The Morgan fingerprint density at radius 2 is 2.08 bits per heavy atom. The first-order valence-electron chi connectivity index (χ1n) is 9.67. The van der Waals surface area contributed by atoms with E-state index in [1.165, 1.54) is 36.7 Å². The Morgan fingerprint density at radius 3 is 2.81 bits per heavy atom. The summed E-state index contributed by atoms with van der Waals surface area (Å²) < 4.78 is 6.98. The predicted molar refractivity (Wildman–Crippen MR) is 99.1 cm³/mol. The third-order valence-electron chi connectivity index (χ3n) is 5.08. The van der Waals surface area contributed by atoms with Crippen molar-refractivity contribution in [2.45, 2.75) is 76.7 Å². The molecule has 3 heterocycles. The quantitative estimate of drug-likeness (QED) is 0.594. The maximum atomic E-state index is 12.3. The molecule has 0 amide bonds. The minimum absolute atomic E-state index is 0.269. The summed E-state index contributed by atoms with van der Waals surface area (Å²) in [4.78, 5) is 19.6. The number of unbranched alkanes of at least 4 members (excludes halogenated alkanes) is 5. The van der Waals surface area contributed by atoms with E-state index in [4.69, 9.17) is 4.74 Å². The van der Waals surface area contributed by atoms with E-state index in [9.17, 15) is 15.0 Å². The van der Waals surface area contributed by atoms with Gasteiger partial charge < -0.3 is 19.9 Å². The van der Waals surface area contributed by atoms with Gasteiger partial charge in [-0.05, 0) is 18.9 Å². The van der Waals surface area contributed by atoms with Gasteiger partial charge in [0.05, 0.1) is 12.7 Å². The lowest BCUT2D eigenvalue weighted by molar-refractivity contribution is -0.0457. The molecule has 144 valence electrons. The molecular weight excluding hydrogens is 334 g/mol. The van der Waals surface area contributed by atoms with Crippen LogP contribution in [-0.2, 0) is 11.2 Å². The van der Waals surface area contributed by atoms with Gasteiger partial charge in [-0.25, -0.2) is 4.79 Å². The minimum atomic E-state index is -0.776. The van der Waals surface area contributed by atoms with Gasteiger partial charge in [0.2, 0.25) is 0 Å². The number of aliphatic hydroxyl groups excluding tert-OH is 2. The molecule has 2 aromatic heterocycles. The van der Waals surface area contributed by atoms with Gasteiger partial charge in [-0.2, -0.15) is 4.98 Å². The van der Waals surface area contributed by atoms with Gasteiger partial charge in [0.1, 0.15) is 18.0 Å². The summed E-state index contributed by atoms with van der Waals surface area (Å²) >= 11 is 0. The topological polar surface area (TPSA) is 100 Å². The lowest BCUT2D eigenvalue weighted by atomic mass is 10.1. The van der Waals surface area contributed by atoms with Crippen molar-refractivity contribution in [1.29, 1.82) is 0 Å². The van der Waals surface area contributed by atoms with Gasteiger partial charge in [-0.1, -0.05) is 39.0 Å². The molecule has 0 aliphatic carbocycles. The number of nitrogens with zero attached hydrogens (tertiary/aromatic N) is 2. The summed E-state index contributed by atoms with van der Waals surface area (Å²) in [7, 11) is 0. The minimum Gasteiger partial charge on any atom is -0.394 e. The zero-order valence-electron chi connectivity index (χ0n) is 15.4. The number of nitrogens with one attached hydrogen (secondary N) is 1. The van der Waals surface area contributed by atoms with E-state index >= 15 is 0 Å². The number of H-pyrrole nitrogens is 1. The molecule has 0 aromatic carbocycles. The van der Waals surface area contributed by atoms with Gasteiger partial charge in [-0.15, -0.1) is 0 Å². The molecule has 3 rings (SSSR count). The summed E-state index contributed by atoms with van der Waals surface area (Å²) in [6, 6.07) is 2.03. The largest absolute Gasteiger partial charge is 0.394 e. The van der Waals surface area contributed by atoms with Crippen LogP contribution in [0.2, 0.25) is 0 Å². The van der Waals surface area contributed by atoms with E-state index in [1.54, 1.807) is 6.20 Å². The van der Waals surface area contributed by atoms with Crippen molar-refractivity contribution in [3.8, 4) is 0 Å². The highest BCUT2D eigenvalue weighted by atomic mass is 16.5. The van der Waals surface area contributed by atoms with Crippen molar-refractivity contribution in [3.05, 3.63) is 28.4 Å². The van der Waals surface area contributed by atoms with E-state index in [2.05, 4.69) is 16.9 Å². The number of aliphatic hydroxyl groups is 2. The third kappa shape index (κ3) is 4.34. The highest BCUT2D eigenvalue weighted by Crippen LogP contribution is 2.28. The first-order valence-corrected chi connectivity index (χ1v) is 9.67.